The Morgan fingerprint density at radius 2 is 2.05 bits per heavy atom. The summed E-state index contributed by atoms with van der Waals surface area (Å²) in [5, 5.41) is 14.0. The number of methoxy groups -OCH3 is 1. The molecule has 0 heterocycles. The summed E-state index contributed by atoms with van der Waals surface area (Å²) >= 11 is 0. The van der Waals surface area contributed by atoms with E-state index >= 15 is 0 Å². The highest BCUT2D eigenvalue weighted by Gasteiger charge is 2.19. The summed E-state index contributed by atoms with van der Waals surface area (Å²) in [5.74, 6) is -1.08. The molecular formula is C14H20N2O4. The van der Waals surface area contributed by atoms with Gasteiger partial charge in [-0.1, -0.05) is 24.3 Å². The van der Waals surface area contributed by atoms with Gasteiger partial charge in [0.05, 0.1) is 0 Å². The summed E-state index contributed by atoms with van der Waals surface area (Å²) in [6, 6.07) is 6.22. The molecule has 20 heavy (non-hydrogen) atoms. The summed E-state index contributed by atoms with van der Waals surface area (Å²) in [6.07, 6.45) is 0.226. The van der Waals surface area contributed by atoms with Gasteiger partial charge in [0.2, 0.25) is 0 Å². The van der Waals surface area contributed by atoms with Gasteiger partial charge < -0.3 is 20.5 Å². The first-order valence-electron chi connectivity index (χ1n) is 6.35. The van der Waals surface area contributed by atoms with Gasteiger partial charge in [-0.15, -0.1) is 0 Å². The van der Waals surface area contributed by atoms with Crippen molar-refractivity contribution in [1.82, 2.24) is 10.6 Å². The number of rotatable bonds is 7. The van der Waals surface area contributed by atoms with Crippen molar-refractivity contribution in [2.45, 2.75) is 25.9 Å². The number of benzene rings is 1. The number of hydrogen-bond donors (Lipinski definition) is 3. The Morgan fingerprint density at radius 1 is 1.35 bits per heavy atom. The molecule has 0 saturated heterocycles. The van der Waals surface area contributed by atoms with E-state index in [-0.39, 0.29) is 13.0 Å². The van der Waals surface area contributed by atoms with Gasteiger partial charge in [-0.05, 0) is 18.1 Å². The number of carboxylic acids is 1. The third kappa shape index (κ3) is 5.27. The Kier molecular flexibility index (Phi) is 6.52. The van der Waals surface area contributed by atoms with Crippen LogP contribution in [-0.2, 0) is 16.1 Å². The van der Waals surface area contributed by atoms with Crippen LogP contribution in [0.2, 0.25) is 0 Å². The standard InChI is InChI=1S/C14H20N2O4/c1-10-5-3-4-6-11(10)9-15-14(19)16-12(13(17)18)7-8-20-2/h3-6,12H,7-9H2,1-2H3,(H,17,18)(H2,15,16,19). The maximum Gasteiger partial charge on any atom is 0.326 e. The van der Waals surface area contributed by atoms with Crippen molar-refractivity contribution in [2.24, 2.45) is 0 Å². The molecule has 1 aromatic rings. The number of carbonyl (C=O) groups excluding carboxylic acids is 1. The minimum atomic E-state index is -1.08. The topological polar surface area (TPSA) is 87.7 Å². The van der Waals surface area contributed by atoms with Gasteiger partial charge in [0.15, 0.2) is 0 Å². The second-order valence-corrected chi connectivity index (χ2v) is 4.43. The molecule has 110 valence electrons. The van der Waals surface area contributed by atoms with Crippen LogP contribution in [0.15, 0.2) is 24.3 Å². The number of carbonyl (C=O) groups is 2. The lowest BCUT2D eigenvalue weighted by Gasteiger charge is -2.15. The van der Waals surface area contributed by atoms with Crippen molar-refractivity contribution in [3.8, 4) is 0 Å². The zero-order valence-electron chi connectivity index (χ0n) is 11.7. The number of amides is 2. The lowest BCUT2D eigenvalue weighted by atomic mass is 10.1. The summed E-state index contributed by atoms with van der Waals surface area (Å²) in [7, 11) is 1.48. The quantitative estimate of drug-likeness (QED) is 0.702. The molecule has 1 atom stereocenters. The number of urea groups is 1. The molecule has 0 saturated carbocycles. The Labute approximate surface area is 118 Å². The second kappa shape index (κ2) is 8.16. The molecular weight excluding hydrogens is 260 g/mol. The van der Waals surface area contributed by atoms with E-state index in [0.717, 1.165) is 11.1 Å². The van der Waals surface area contributed by atoms with Crippen LogP contribution in [0.4, 0.5) is 4.79 Å². The Hall–Kier alpha value is -2.08. The Balaban J connectivity index is 2.46. The van der Waals surface area contributed by atoms with Gasteiger partial charge in [-0.3, -0.25) is 0 Å². The first-order valence-corrected chi connectivity index (χ1v) is 6.35. The summed E-state index contributed by atoms with van der Waals surface area (Å²) < 4.78 is 4.81. The van der Waals surface area contributed by atoms with E-state index in [9.17, 15) is 9.59 Å². The molecule has 1 rings (SSSR count). The molecule has 0 bridgehead atoms. The first-order chi connectivity index (χ1) is 9.54. The van der Waals surface area contributed by atoms with E-state index in [1.54, 1.807) is 0 Å². The van der Waals surface area contributed by atoms with Gasteiger partial charge >= 0.3 is 12.0 Å². The largest absolute Gasteiger partial charge is 0.480 e. The van der Waals surface area contributed by atoms with Crippen molar-refractivity contribution in [3.63, 3.8) is 0 Å². The fourth-order valence-corrected chi connectivity index (χ4v) is 1.69. The molecule has 0 spiro atoms. The first kappa shape index (κ1) is 16.0. The van der Waals surface area contributed by atoms with E-state index in [0.29, 0.717) is 6.54 Å². The number of ether oxygens (including phenoxy) is 1. The van der Waals surface area contributed by atoms with E-state index in [1.165, 1.54) is 7.11 Å². The molecule has 0 fully saturated rings. The molecule has 0 aromatic heterocycles. The summed E-state index contributed by atoms with van der Waals surface area (Å²) in [4.78, 5) is 22.7. The van der Waals surface area contributed by atoms with Crippen LogP contribution in [0.3, 0.4) is 0 Å². The van der Waals surface area contributed by atoms with Gasteiger partial charge in [-0.2, -0.15) is 0 Å². The number of carboxylic acid groups (broad SMARTS) is 1. The average molecular weight is 280 g/mol. The Bertz CT molecular complexity index is 462. The third-order valence-electron chi connectivity index (χ3n) is 2.91. The number of aliphatic carboxylic acids is 1. The highest BCUT2D eigenvalue weighted by atomic mass is 16.5. The lowest BCUT2D eigenvalue weighted by molar-refractivity contribution is -0.139. The van der Waals surface area contributed by atoms with E-state index in [2.05, 4.69) is 10.6 Å². The van der Waals surface area contributed by atoms with Crippen LogP contribution >= 0.6 is 0 Å². The maximum atomic E-state index is 11.7. The molecule has 0 aliphatic heterocycles. The molecule has 1 unspecified atom stereocenters. The fourth-order valence-electron chi connectivity index (χ4n) is 1.69. The molecule has 6 heteroatoms. The smallest absolute Gasteiger partial charge is 0.326 e. The predicted octanol–water partition coefficient (Wildman–Crippen LogP) is 1.28. The lowest BCUT2D eigenvalue weighted by Crippen LogP contribution is -2.46. The van der Waals surface area contributed by atoms with Crippen molar-refractivity contribution in [1.29, 1.82) is 0 Å². The molecule has 0 aliphatic carbocycles. The van der Waals surface area contributed by atoms with E-state index < -0.39 is 18.0 Å². The van der Waals surface area contributed by atoms with Crippen molar-refractivity contribution in [3.05, 3.63) is 35.4 Å². The third-order valence-corrected chi connectivity index (χ3v) is 2.91. The van der Waals surface area contributed by atoms with Gasteiger partial charge in [0.25, 0.3) is 0 Å². The predicted molar refractivity (Wildman–Crippen MR) is 74.5 cm³/mol. The van der Waals surface area contributed by atoms with E-state index in [1.807, 2.05) is 31.2 Å². The highest BCUT2D eigenvalue weighted by Crippen LogP contribution is 2.05. The molecule has 6 nitrogen and oxygen atoms in total. The van der Waals surface area contributed by atoms with Crippen molar-refractivity contribution >= 4 is 12.0 Å². The van der Waals surface area contributed by atoms with Crippen LogP contribution in [0.1, 0.15) is 17.5 Å². The van der Waals surface area contributed by atoms with Gasteiger partial charge in [0, 0.05) is 26.7 Å². The molecule has 1 aromatic carbocycles. The zero-order chi connectivity index (χ0) is 15.0. The summed E-state index contributed by atoms with van der Waals surface area (Å²) in [6.45, 7) is 2.58. The number of aryl methyl sites for hydroxylation is 1. The summed E-state index contributed by atoms with van der Waals surface area (Å²) in [5.41, 5.74) is 2.06. The van der Waals surface area contributed by atoms with E-state index in [4.69, 9.17) is 9.84 Å². The normalized spacial score (nSPS) is 11.7. The van der Waals surface area contributed by atoms with Crippen LogP contribution in [-0.4, -0.2) is 36.9 Å². The molecule has 0 radical (unpaired) electrons. The molecule has 2 amide bonds. The SMILES string of the molecule is COCCC(NC(=O)NCc1ccccc1C)C(=O)O. The average Bonchev–Trinajstić information content (AvgIpc) is 2.42. The minimum Gasteiger partial charge on any atom is -0.480 e. The molecule has 3 N–H and O–H groups in total. The minimum absolute atomic E-state index is 0.226. The van der Waals surface area contributed by atoms with Crippen LogP contribution in [0.25, 0.3) is 0 Å². The number of nitrogens with one attached hydrogen (secondary N) is 2. The monoisotopic (exact) mass is 280 g/mol. The van der Waals surface area contributed by atoms with Crippen molar-refractivity contribution in [2.75, 3.05) is 13.7 Å². The highest BCUT2D eigenvalue weighted by molar-refractivity contribution is 5.82. The number of hydrogen-bond acceptors (Lipinski definition) is 3. The fraction of sp³-hybridized carbons (Fsp3) is 0.429. The zero-order valence-corrected chi connectivity index (χ0v) is 11.7. The van der Waals surface area contributed by atoms with Crippen LogP contribution in [0, 0.1) is 6.92 Å². The van der Waals surface area contributed by atoms with Crippen molar-refractivity contribution < 1.29 is 19.4 Å². The molecule has 0 aliphatic rings. The second-order valence-electron chi connectivity index (χ2n) is 4.43. The Morgan fingerprint density at radius 3 is 2.65 bits per heavy atom. The van der Waals surface area contributed by atoms with Crippen LogP contribution in [0.5, 0.6) is 0 Å². The van der Waals surface area contributed by atoms with Crippen LogP contribution < -0.4 is 10.6 Å². The van der Waals surface area contributed by atoms with Gasteiger partial charge in [-0.25, -0.2) is 9.59 Å². The maximum absolute atomic E-state index is 11.7. The van der Waals surface area contributed by atoms with Gasteiger partial charge in [0.1, 0.15) is 6.04 Å².